The third-order valence-corrected chi connectivity index (χ3v) is 7.91. The molecule has 5 heterocycles. The highest BCUT2D eigenvalue weighted by Crippen LogP contribution is 2.63. The lowest BCUT2D eigenvalue weighted by Crippen LogP contribution is -2.71. The zero-order valence-electron chi connectivity index (χ0n) is 16.3. The maximum Gasteiger partial charge on any atom is 0.230 e. The van der Waals surface area contributed by atoms with Crippen molar-refractivity contribution >= 4 is 17.4 Å². The molecule has 1 spiro atoms. The number of aromatic hydroxyl groups is 1. The first-order valence-corrected chi connectivity index (χ1v) is 10.3. The van der Waals surface area contributed by atoms with E-state index >= 15 is 0 Å². The quantitative estimate of drug-likeness (QED) is 0.629. The molecule has 7 heteroatoms. The van der Waals surface area contributed by atoms with E-state index in [4.69, 9.17) is 4.74 Å². The molecule has 4 bridgehead atoms. The number of carbonyl (C=O) groups excluding carboxylic acids is 2. The number of hydrogen-bond acceptors (Lipinski definition) is 6. The van der Waals surface area contributed by atoms with Gasteiger partial charge in [-0.2, -0.15) is 0 Å². The van der Waals surface area contributed by atoms with Crippen molar-refractivity contribution in [3.8, 4) is 5.75 Å². The molecule has 4 fully saturated rings. The van der Waals surface area contributed by atoms with Crippen LogP contribution in [0, 0.1) is 5.92 Å². The van der Waals surface area contributed by atoms with Crippen molar-refractivity contribution in [2.75, 3.05) is 31.6 Å². The molecule has 5 unspecified atom stereocenters. The summed E-state index contributed by atoms with van der Waals surface area (Å²) in [6.07, 6.45) is 2.15. The molecule has 6 aliphatic rings. The Bertz CT molecular complexity index is 989. The van der Waals surface area contributed by atoms with Crippen LogP contribution in [0.2, 0.25) is 0 Å². The summed E-state index contributed by atoms with van der Waals surface area (Å²) in [6, 6.07) is 4.62. The minimum Gasteiger partial charge on any atom is -0.506 e. The summed E-state index contributed by atoms with van der Waals surface area (Å²) in [5.41, 5.74) is -0.311. The van der Waals surface area contributed by atoms with Crippen molar-refractivity contribution in [1.29, 1.82) is 0 Å². The maximum atomic E-state index is 13.8. The molecule has 1 aromatic rings. The van der Waals surface area contributed by atoms with Crippen molar-refractivity contribution < 1.29 is 24.5 Å². The minimum atomic E-state index is -1.35. The number of piperidine rings is 1. The average Bonchev–Trinajstić information content (AvgIpc) is 2.93. The maximum absolute atomic E-state index is 13.8. The van der Waals surface area contributed by atoms with Crippen molar-refractivity contribution in [1.82, 2.24) is 4.90 Å². The SMILES string of the molecule is CN1CCC23C(=O)CC4(O)C(=CCOC5CC(=O)N(c6c(O)cccc62)C3C54)C1. The van der Waals surface area contributed by atoms with Gasteiger partial charge in [-0.25, -0.2) is 0 Å². The van der Waals surface area contributed by atoms with Gasteiger partial charge in [0.25, 0.3) is 0 Å². The van der Waals surface area contributed by atoms with E-state index in [2.05, 4.69) is 4.90 Å². The topological polar surface area (TPSA) is 90.3 Å². The smallest absolute Gasteiger partial charge is 0.230 e. The summed E-state index contributed by atoms with van der Waals surface area (Å²) in [4.78, 5) is 30.8. The Morgan fingerprint density at radius 2 is 2.10 bits per heavy atom. The van der Waals surface area contributed by atoms with Gasteiger partial charge in [0.1, 0.15) is 17.1 Å². The Balaban J connectivity index is 1.70. The normalized spacial score (nSPS) is 40.7. The molecule has 5 atom stereocenters. The third-order valence-electron chi connectivity index (χ3n) is 7.91. The van der Waals surface area contributed by atoms with Gasteiger partial charge in [-0.15, -0.1) is 0 Å². The number of ether oxygens (including phenoxy) is 1. The van der Waals surface area contributed by atoms with Crippen molar-refractivity contribution in [3.05, 3.63) is 35.4 Å². The molecule has 2 N–H and O–H groups in total. The van der Waals surface area contributed by atoms with E-state index in [0.29, 0.717) is 37.4 Å². The van der Waals surface area contributed by atoms with Gasteiger partial charge in [0.15, 0.2) is 0 Å². The lowest BCUT2D eigenvalue weighted by atomic mass is 9.53. The lowest BCUT2D eigenvalue weighted by molar-refractivity contribution is -0.157. The predicted molar refractivity (Wildman–Crippen MR) is 104 cm³/mol. The zero-order valence-corrected chi connectivity index (χ0v) is 16.3. The van der Waals surface area contributed by atoms with E-state index < -0.39 is 29.1 Å². The summed E-state index contributed by atoms with van der Waals surface area (Å²) in [5, 5.41) is 22.7. The Morgan fingerprint density at radius 3 is 2.93 bits per heavy atom. The summed E-state index contributed by atoms with van der Waals surface area (Å²) < 4.78 is 6.07. The van der Waals surface area contributed by atoms with Gasteiger partial charge in [0, 0.05) is 18.9 Å². The van der Waals surface area contributed by atoms with Crippen LogP contribution in [0.3, 0.4) is 0 Å². The monoisotopic (exact) mass is 396 g/mol. The molecule has 5 aliphatic heterocycles. The number of benzene rings is 1. The number of anilines is 1. The Kier molecular flexibility index (Phi) is 3.33. The Labute approximate surface area is 168 Å². The summed E-state index contributed by atoms with van der Waals surface area (Å²) >= 11 is 0. The number of carbonyl (C=O) groups is 2. The van der Waals surface area contributed by atoms with Crippen LogP contribution in [0.5, 0.6) is 5.75 Å². The van der Waals surface area contributed by atoms with Crippen LogP contribution in [0.1, 0.15) is 24.8 Å². The summed E-state index contributed by atoms with van der Waals surface area (Å²) in [6.45, 7) is 1.55. The lowest BCUT2D eigenvalue weighted by Gasteiger charge is -2.56. The summed E-state index contributed by atoms with van der Waals surface area (Å²) in [5.74, 6) is -0.610. The summed E-state index contributed by atoms with van der Waals surface area (Å²) in [7, 11) is 1.99. The molecule has 7 nitrogen and oxygen atoms in total. The van der Waals surface area contributed by atoms with Crippen LogP contribution in [-0.2, 0) is 19.7 Å². The van der Waals surface area contributed by atoms with Gasteiger partial charge >= 0.3 is 0 Å². The molecule has 152 valence electrons. The number of aliphatic hydroxyl groups is 1. The van der Waals surface area contributed by atoms with Crippen LogP contribution in [0.4, 0.5) is 5.69 Å². The number of likely N-dealkylation sites (N-methyl/N-ethyl adjacent to an activating group) is 1. The van der Waals surface area contributed by atoms with Gasteiger partial charge in [-0.05, 0) is 37.2 Å². The fraction of sp³-hybridized carbons (Fsp3) is 0.545. The van der Waals surface area contributed by atoms with Crippen LogP contribution >= 0.6 is 0 Å². The van der Waals surface area contributed by atoms with Gasteiger partial charge < -0.3 is 24.7 Å². The molecule has 1 aliphatic carbocycles. The highest BCUT2D eigenvalue weighted by Gasteiger charge is 2.72. The van der Waals surface area contributed by atoms with Crippen molar-refractivity contribution in [2.24, 2.45) is 5.92 Å². The largest absolute Gasteiger partial charge is 0.506 e. The van der Waals surface area contributed by atoms with Crippen LogP contribution in [0.25, 0.3) is 0 Å². The second-order valence-corrected chi connectivity index (χ2v) is 9.20. The molecule has 1 saturated carbocycles. The number of para-hydroxylation sites is 1. The number of nitrogens with zero attached hydrogens (tertiary/aromatic N) is 2. The fourth-order valence-corrected chi connectivity index (χ4v) is 6.71. The number of phenolic OH excluding ortho intramolecular Hbond substituents is 1. The Morgan fingerprint density at radius 1 is 1.28 bits per heavy atom. The highest BCUT2D eigenvalue weighted by molar-refractivity contribution is 6.07. The minimum absolute atomic E-state index is 0.00938. The number of amides is 1. The molecule has 1 amide bonds. The molecule has 0 aromatic heterocycles. The molecule has 3 saturated heterocycles. The number of fused-ring (bicyclic) bond motifs is 6. The number of hydrogen-bond donors (Lipinski definition) is 2. The van der Waals surface area contributed by atoms with Crippen LogP contribution < -0.4 is 4.90 Å². The highest BCUT2D eigenvalue weighted by atomic mass is 16.5. The zero-order chi connectivity index (χ0) is 20.1. The standard InChI is InChI=1S/C22H24N2O5/c1-23-7-6-21-13-3-2-4-14(25)19(13)24-17(27)9-15-18(20(21)24)22(28,10-16(21)26)12(11-23)5-8-29-15/h2-5,15,18,20,25,28H,6-11H2,1H3. The van der Waals surface area contributed by atoms with E-state index in [1.807, 2.05) is 19.2 Å². The van der Waals surface area contributed by atoms with E-state index in [0.717, 1.165) is 5.57 Å². The second-order valence-electron chi connectivity index (χ2n) is 9.20. The van der Waals surface area contributed by atoms with Crippen LogP contribution in [0.15, 0.2) is 29.8 Å². The van der Waals surface area contributed by atoms with Crippen molar-refractivity contribution in [2.45, 2.75) is 42.4 Å². The molecule has 7 rings (SSSR count). The first-order valence-electron chi connectivity index (χ1n) is 10.3. The molecular weight excluding hydrogens is 372 g/mol. The van der Waals surface area contributed by atoms with E-state index in [1.165, 1.54) is 0 Å². The third kappa shape index (κ3) is 1.94. The van der Waals surface area contributed by atoms with Gasteiger partial charge in [-0.1, -0.05) is 18.2 Å². The molecule has 29 heavy (non-hydrogen) atoms. The fourth-order valence-electron chi connectivity index (χ4n) is 6.71. The first-order chi connectivity index (χ1) is 13.9. The van der Waals surface area contributed by atoms with E-state index in [1.54, 1.807) is 17.0 Å². The first kappa shape index (κ1) is 17.6. The number of phenols is 1. The number of Topliss-reactive ketones (excluding diaryl/α,β-unsaturated/α-hetero) is 1. The Hall–Kier alpha value is -2.22. The molecule has 1 aromatic carbocycles. The van der Waals surface area contributed by atoms with Crippen molar-refractivity contribution in [3.63, 3.8) is 0 Å². The number of ketones is 1. The van der Waals surface area contributed by atoms with Gasteiger partial charge in [-0.3, -0.25) is 9.59 Å². The van der Waals surface area contributed by atoms with E-state index in [-0.39, 0.29) is 30.3 Å². The molecular formula is C22H24N2O5. The second kappa shape index (κ2) is 5.47. The van der Waals surface area contributed by atoms with E-state index in [9.17, 15) is 19.8 Å². The molecule has 0 radical (unpaired) electrons. The van der Waals surface area contributed by atoms with Crippen LogP contribution in [-0.4, -0.2) is 71.3 Å². The average molecular weight is 396 g/mol. The van der Waals surface area contributed by atoms with Gasteiger partial charge in [0.05, 0.1) is 36.3 Å². The van der Waals surface area contributed by atoms with Gasteiger partial charge in [0.2, 0.25) is 5.91 Å². The predicted octanol–water partition coefficient (Wildman–Crippen LogP) is 0.730. The number of rotatable bonds is 0.